The minimum atomic E-state index is -0.310. The Morgan fingerprint density at radius 2 is 1.93 bits per heavy atom. The van der Waals surface area contributed by atoms with Crippen LogP contribution < -0.4 is 10.1 Å². The molecule has 2 amide bonds. The van der Waals surface area contributed by atoms with Crippen molar-refractivity contribution in [2.45, 2.75) is 18.8 Å². The third-order valence-electron chi connectivity index (χ3n) is 5.11. The van der Waals surface area contributed by atoms with E-state index in [0.29, 0.717) is 29.8 Å². The fourth-order valence-corrected chi connectivity index (χ4v) is 4.75. The highest BCUT2D eigenvalue weighted by atomic mass is 35.5. The largest absolute Gasteiger partial charge is 0.484 e. The van der Waals surface area contributed by atoms with Gasteiger partial charge in [0.05, 0.1) is 21.8 Å². The van der Waals surface area contributed by atoms with Gasteiger partial charge >= 0.3 is 0 Å². The number of hydrogen-bond donors (Lipinski definition) is 1. The highest BCUT2D eigenvalue weighted by Crippen LogP contribution is 2.34. The van der Waals surface area contributed by atoms with Crippen molar-refractivity contribution in [3.63, 3.8) is 0 Å². The average Bonchev–Trinajstić information content (AvgIpc) is 3.20. The van der Waals surface area contributed by atoms with Crippen LogP contribution in [0.3, 0.4) is 0 Å². The number of fused-ring (bicyclic) bond motifs is 1. The van der Waals surface area contributed by atoms with Gasteiger partial charge in [0, 0.05) is 24.0 Å². The Kier molecular flexibility index (Phi) is 6.50. The number of para-hydroxylation sites is 1. The first-order valence-corrected chi connectivity index (χ1v) is 11.1. The van der Waals surface area contributed by atoms with E-state index in [1.54, 1.807) is 28.4 Å². The van der Waals surface area contributed by atoms with E-state index < -0.39 is 0 Å². The van der Waals surface area contributed by atoms with Crippen molar-refractivity contribution in [3.05, 3.63) is 58.6 Å². The zero-order chi connectivity index (χ0) is 20.9. The molecule has 0 spiro atoms. The smallest absolute Gasteiger partial charge is 0.258 e. The van der Waals surface area contributed by atoms with E-state index in [9.17, 15) is 9.59 Å². The van der Waals surface area contributed by atoms with Crippen LogP contribution in [-0.4, -0.2) is 47.9 Å². The second-order valence-corrected chi connectivity index (χ2v) is 8.70. The standard InChI is InChI=1S/C22H22ClN3O3S/c23-16-6-7-19-18(12-16)25-22(30-19)15-8-10-26(11-9-15)21(28)13-24-20(27)14-29-17-4-2-1-3-5-17/h1-7,12,15H,8-11,13-14H2,(H,24,27). The summed E-state index contributed by atoms with van der Waals surface area (Å²) < 4.78 is 6.52. The summed E-state index contributed by atoms with van der Waals surface area (Å²) in [6.45, 7) is 1.20. The average molecular weight is 444 g/mol. The Morgan fingerprint density at radius 3 is 2.70 bits per heavy atom. The molecule has 1 aliphatic heterocycles. The highest BCUT2D eigenvalue weighted by molar-refractivity contribution is 7.18. The minimum Gasteiger partial charge on any atom is -0.484 e. The molecule has 0 bridgehead atoms. The number of halogens is 1. The first-order valence-electron chi connectivity index (χ1n) is 9.87. The van der Waals surface area contributed by atoms with Crippen molar-refractivity contribution >= 4 is 45.0 Å². The predicted molar refractivity (Wildman–Crippen MR) is 118 cm³/mol. The maximum Gasteiger partial charge on any atom is 0.258 e. The molecule has 1 saturated heterocycles. The molecular formula is C22H22ClN3O3S. The summed E-state index contributed by atoms with van der Waals surface area (Å²) in [7, 11) is 0. The van der Waals surface area contributed by atoms with Crippen LogP contribution in [0, 0.1) is 0 Å². The zero-order valence-corrected chi connectivity index (χ0v) is 17.9. The second kappa shape index (κ2) is 9.45. The number of likely N-dealkylation sites (tertiary alicyclic amines) is 1. The molecule has 4 rings (SSSR count). The lowest BCUT2D eigenvalue weighted by atomic mass is 9.97. The molecule has 3 aromatic rings. The van der Waals surface area contributed by atoms with E-state index in [1.165, 1.54) is 0 Å². The Balaban J connectivity index is 1.22. The van der Waals surface area contributed by atoms with Crippen LogP contribution in [0.15, 0.2) is 48.5 Å². The Bertz CT molecular complexity index is 1030. The van der Waals surface area contributed by atoms with Gasteiger partial charge in [-0.05, 0) is 43.2 Å². The molecule has 0 saturated carbocycles. The summed E-state index contributed by atoms with van der Waals surface area (Å²) in [4.78, 5) is 30.9. The van der Waals surface area contributed by atoms with E-state index >= 15 is 0 Å². The monoisotopic (exact) mass is 443 g/mol. The van der Waals surface area contributed by atoms with Crippen molar-refractivity contribution in [2.75, 3.05) is 26.2 Å². The second-order valence-electron chi connectivity index (χ2n) is 7.20. The SMILES string of the molecule is O=C(COc1ccccc1)NCC(=O)N1CCC(c2nc3cc(Cl)ccc3s2)CC1. The molecule has 1 aromatic heterocycles. The van der Waals surface area contributed by atoms with Gasteiger partial charge in [0.2, 0.25) is 5.91 Å². The lowest BCUT2D eigenvalue weighted by Gasteiger charge is -2.31. The van der Waals surface area contributed by atoms with Crippen LogP contribution in [-0.2, 0) is 9.59 Å². The summed E-state index contributed by atoms with van der Waals surface area (Å²) in [6, 6.07) is 14.9. The number of amides is 2. The number of thiazole rings is 1. The minimum absolute atomic E-state index is 0.0126. The van der Waals surface area contributed by atoms with Gasteiger partial charge in [-0.3, -0.25) is 9.59 Å². The van der Waals surface area contributed by atoms with Gasteiger partial charge in [-0.1, -0.05) is 29.8 Å². The zero-order valence-electron chi connectivity index (χ0n) is 16.3. The summed E-state index contributed by atoms with van der Waals surface area (Å²) in [5.41, 5.74) is 0.932. The number of carbonyl (C=O) groups excluding carboxylic acids is 2. The molecule has 1 fully saturated rings. The molecule has 0 aliphatic carbocycles. The summed E-state index contributed by atoms with van der Waals surface area (Å²) >= 11 is 7.75. The van der Waals surface area contributed by atoms with E-state index in [-0.39, 0.29) is 25.0 Å². The molecule has 1 N–H and O–H groups in total. The van der Waals surface area contributed by atoms with E-state index in [4.69, 9.17) is 21.3 Å². The molecule has 8 heteroatoms. The lowest BCUT2D eigenvalue weighted by Crippen LogP contribution is -2.44. The number of carbonyl (C=O) groups is 2. The van der Waals surface area contributed by atoms with E-state index in [2.05, 4.69) is 5.32 Å². The van der Waals surface area contributed by atoms with Crippen molar-refractivity contribution in [2.24, 2.45) is 0 Å². The fourth-order valence-electron chi connectivity index (χ4n) is 3.47. The molecule has 0 unspecified atom stereocenters. The summed E-state index contributed by atoms with van der Waals surface area (Å²) in [5, 5.41) is 4.43. The topological polar surface area (TPSA) is 71.5 Å². The summed E-state index contributed by atoms with van der Waals surface area (Å²) in [5.74, 6) is 0.588. The normalized spacial score (nSPS) is 14.6. The van der Waals surface area contributed by atoms with E-state index in [0.717, 1.165) is 28.1 Å². The number of benzene rings is 2. The van der Waals surface area contributed by atoms with Gasteiger partial charge in [-0.2, -0.15) is 0 Å². The Morgan fingerprint density at radius 1 is 1.17 bits per heavy atom. The van der Waals surface area contributed by atoms with Crippen LogP contribution in [0.1, 0.15) is 23.8 Å². The number of ether oxygens (including phenoxy) is 1. The number of hydrogen-bond acceptors (Lipinski definition) is 5. The van der Waals surface area contributed by atoms with Crippen LogP contribution in [0.4, 0.5) is 0 Å². The number of nitrogens with one attached hydrogen (secondary N) is 1. The maximum absolute atomic E-state index is 12.4. The third kappa shape index (κ3) is 5.09. The molecule has 0 atom stereocenters. The summed E-state index contributed by atoms with van der Waals surface area (Å²) in [6.07, 6.45) is 1.73. The number of aromatic nitrogens is 1. The van der Waals surface area contributed by atoms with Gasteiger partial charge in [-0.25, -0.2) is 4.98 Å². The number of piperidine rings is 1. The first kappa shape index (κ1) is 20.6. The number of rotatable bonds is 6. The highest BCUT2D eigenvalue weighted by Gasteiger charge is 2.26. The molecule has 30 heavy (non-hydrogen) atoms. The quantitative estimate of drug-likeness (QED) is 0.628. The lowest BCUT2D eigenvalue weighted by molar-refractivity contribution is -0.134. The van der Waals surface area contributed by atoms with Gasteiger partial charge < -0.3 is 15.0 Å². The van der Waals surface area contributed by atoms with Gasteiger partial charge in [-0.15, -0.1) is 11.3 Å². The van der Waals surface area contributed by atoms with Crippen LogP contribution in [0.5, 0.6) is 5.75 Å². The van der Waals surface area contributed by atoms with Crippen molar-refractivity contribution in [3.8, 4) is 5.75 Å². The van der Waals surface area contributed by atoms with Crippen LogP contribution in [0.25, 0.3) is 10.2 Å². The van der Waals surface area contributed by atoms with Crippen LogP contribution >= 0.6 is 22.9 Å². The molecule has 2 aromatic carbocycles. The Labute approximate surface area is 183 Å². The maximum atomic E-state index is 12.4. The fraction of sp³-hybridized carbons (Fsp3) is 0.318. The molecule has 6 nitrogen and oxygen atoms in total. The predicted octanol–water partition coefficient (Wildman–Crippen LogP) is 3.85. The van der Waals surface area contributed by atoms with Crippen molar-refractivity contribution in [1.82, 2.24) is 15.2 Å². The number of nitrogens with zero attached hydrogens (tertiary/aromatic N) is 2. The van der Waals surface area contributed by atoms with Crippen LogP contribution in [0.2, 0.25) is 5.02 Å². The first-order chi connectivity index (χ1) is 14.6. The molecule has 0 radical (unpaired) electrons. The van der Waals surface area contributed by atoms with Gasteiger partial charge in [0.25, 0.3) is 5.91 Å². The molecular weight excluding hydrogens is 422 g/mol. The van der Waals surface area contributed by atoms with Gasteiger partial charge in [0.1, 0.15) is 5.75 Å². The third-order valence-corrected chi connectivity index (χ3v) is 6.55. The van der Waals surface area contributed by atoms with Crippen molar-refractivity contribution < 1.29 is 14.3 Å². The van der Waals surface area contributed by atoms with Crippen molar-refractivity contribution in [1.29, 1.82) is 0 Å². The molecule has 156 valence electrons. The van der Waals surface area contributed by atoms with Gasteiger partial charge in [0.15, 0.2) is 6.61 Å². The van der Waals surface area contributed by atoms with E-state index in [1.807, 2.05) is 36.4 Å². The Hall–Kier alpha value is -2.64. The molecule has 2 heterocycles. The molecule has 1 aliphatic rings.